The maximum absolute atomic E-state index is 13.0. The van der Waals surface area contributed by atoms with Gasteiger partial charge in [0.05, 0.1) is 16.4 Å². The Hall–Kier alpha value is -1.69. The Morgan fingerprint density at radius 1 is 1.43 bits per heavy atom. The zero-order valence-corrected chi connectivity index (χ0v) is 12.7. The number of benzene rings is 1. The maximum Gasteiger partial charge on any atom is 0.285 e. The number of amides is 1. The molecule has 0 saturated carbocycles. The van der Waals surface area contributed by atoms with E-state index in [4.69, 9.17) is 11.6 Å². The van der Waals surface area contributed by atoms with E-state index < -0.39 is 22.3 Å². The first-order valence-electron chi connectivity index (χ1n) is 6.76. The van der Waals surface area contributed by atoms with E-state index in [-0.39, 0.29) is 23.4 Å². The van der Waals surface area contributed by atoms with Crippen molar-refractivity contribution in [2.45, 2.75) is 32.1 Å². The van der Waals surface area contributed by atoms with Crippen LogP contribution >= 0.6 is 11.6 Å². The number of nitro benzene ring substituents is 1. The third-order valence-corrected chi connectivity index (χ3v) is 3.93. The number of carbonyl (C=O) groups is 1. The summed E-state index contributed by atoms with van der Waals surface area (Å²) in [4.78, 5) is 22.1. The number of alkyl halides is 1. The SMILES string of the molecule is CCC(CC)C(Cl)CNC(=O)c1ccc(F)cc1[N+](=O)[O-]. The number of nitrogens with one attached hydrogen (secondary N) is 1. The van der Waals surface area contributed by atoms with Crippen molar-refractivity contribution in [2.24, 2.45) is 5.92 Å². The molecular weight excluding hydrogens is 299 g/mol. The second kappa shape index (κ2) is 7.93. The fourth-order valence-electron chi connectivity index (χ4n) is 2.10. The second-order valence-corrected chi connectivity index (χ2v) is 5.28. The van der Waals surface area contributed by atoms with Gasteiger partial charge in [0.15, 0.2) is 0 Å². The average molecular weight is 317 g/mol. The van der Waals surface area contributed by atoms with E-state index in [2.05, 4.69) is 5.32 Å². The van der Waals surface area contributed by atoms with Gasteiger partial charge < -0.3 is 5.32 Å². The van der Waals surface area contributed by atoms with Gasteiger partial charge in [0, 0.05) is 6.54 Å². The largest absolute Gasteiger partial charge is 0.350 e. The molecule has 21 heavy (non-hydrogen) atoms. The smallest absolute Gasteiger partial charge is 0.285 e. The van der Waals surface area contributed by atoms with Crippen molar-refractivity contribution in [3.63, 3.8) is 0 Å². The van der Waals surface area contributed by atoms with Gasteiger partial charge in [-0.2, -0.15) is 0 Å². The molecule has 1 aromatic rings. The summed E-state index contributed by atoms with van der Waals surface area (Å²) in [5, 5.41) is 13.2. The Morgan fingerprint density at radius 3 is 2.57 bits per heavy atom. The Kier molecular flexibility index (Phi) is 6.55. The van der Waals surface area contributed by atoms with Gasteiger partial charge in [0.1, 0.15) is 11.4 Å². The summed E-state index contributed by atoms with van der Waals surface area (Å²) in [7, 11) is 0. The molecular formula is C14H18ClFN2O3. The van der Waals surface area contributed by atoms with E-state index in [1.54, 1.807) is 0 Å². The normalized spacial score (nSPS) is 12.2. The van der Waals surface area contributed by atoms with Crippen molar-refractivity contribution in [3.8, 4) is 0 Å². The molecule has 0 bridgehead atoms. The molecule has 0 fully saturated rings. The van der Waals surface area contributed by atoms with E-state index in [1.165, 1.54) is 0 Å². The number of halogens is 2. The van der Waals surface area contributed by atoms with Gasteiger partial charge >= 0.3 is 0 Å². The van der Waals surface area contributed by atoms with E-state index in [0.29, 0.717) is 0 Å². The van der Waals surface area contributed by atoms with Crippen LogP contribution in [0.15, 0.2) is 18.2 Å². The quantitative estimate of drug-likeness (QED) is 0.475. The monoisotopic (exact) mass is 316 g/mol. The van der Waals surface area contributed by atoms with Crippen molar-refractivity contribution >= 4 is 23.2 Å². The highest BCUT2D eigenvalue weighted by molar-refractivity contribution is 6.21. The number of rotatable bonds is 7. The van der Waals surface area contributed by atoms with Crippen LogP contribution in [0.5, 0.6) is 0 Å². The van der Waals surface area contributed by atoms with Crippen LogP contribution in [-0.4, -0.2) is 22.8 Å². The molecule has 0 saturated heterocycles. The minimum absolute atomic E-state index is 0.171. The fourth-order valence-corrected chi connectivity index (χ4v) is 2.53. The fraction of sp³-hybridized carbons (Fsp3) is 0.500. The molecule has 1 unspecified atom stereocenters. The summed E-state index contributed by atoms with van der Waals surface area (Å²) in [5.74, 6) is -1.13. The van der Waals surface area contributed by atoms with Crippen LogP contribution in [0.25, 0.3) is 0 Å². The van der Waals surface area contributed by atoms with Gasteiger partial charge in [-0.3, -0.25) is 14.9 Å². The highest BCUT2D eigenvalue weighted by atomic mass is 35.5. The minimum atomic E-state index is -0.781. The highest BCUT2D eigenvalue weighted by Crippen LogP contribution is 2.21. The molecule has 1 aromatic carbocycles. The lowest BCUT2D eigenvalue weighted by atomic mass is 9.99. The zero-order valence-electron chi connectivity index (χ0n) is 11.9. The van der Waals surface area contributed by atoms with Gasteiger partial charge in [0.25, 0.3) is 11.6 Å². The van der Waals surface area contributed by atoms with E-state index >= 15 is 0 Å². The molecule has 0 radical (unpaired) electrons. The lowest BCUT2D eigenvalue weighted by molar-refractivity contribution is -0.385. The Labute approximate surface area is 127 Å². The van der Waals surface area contributed by atoms with Gasteiger partial charge in [-0.25, -0.2) is 4.39 Å². The molecule has 7 heteroatoms. The van der Waals surface area contributed by atoms with Crippen molar-refractivity contribution in [1.82, 2.24) is 5.32 Å². The second-order valence-electron chi connectivity index (χ2n) is 4.72. The number of hydrogen-bond donors (Lipinski definition) is 1. The molecule has 1 rings (SSSR count). The third kappa shape index (κ3) is 4.67. The first-order chi connectivity index (χ1) is 9.90. The Morgan fingerprint density at radius 2 is 2.05 bits per heavy atom. The maximum atomic E-state index is 13.0. The molecule has 116 valence electrons. The van der Waals surface area contributed by atoms with E-state index in [9.17, 15) is 19.3 Å². The molecule has 1 N–H and O–H groups in total. The molecule has 0 aliphatic heterocycles. The summed E-state index contributed by atoms with van der Waals surface area (Å²) in [6, 6.07) is 2.85. The first-order valence-corrected chi connectivity index (χ1v) is 7.20. The lowest BCUT2D eigenvalue weighted by Gasteiger charge is -2.19. The summed E-state index contributed by atoms with van der Waals surface area (Å²) >= 11 is 6.20. The van der Waals surface area contributed by atoms with Crippen molar-refractivity contribution in [2.75, 3.05) is 6.54 Å². The standard InChI is InChI=1S/C14H18ClFN2O3/c1-3-9(4-2)12(15)8-17-14(19)11-6-5-10(16)7-13(11)18(20)21/h5-7,9,12H,3-4,8H2,1-2H3,(H,17,19). The Bertz CT molecular complexity index is 521. The molecule has 5 nitrogen and oxygen atoms in total. The van der Waals surface area contributed by atoms with Crippen molar-refractivity contribution < 1.29 is 14.1 Å². The predicted octanol–water partition coefficient (Wildman–Crippen LogP) is 3.51. The summed E-state index contributed by atoms with van der Waals surface area (Å²) < 4.78 is 13.0. The summed E-state index contributed by atoms with van der Waals surface area (Å²) in [5.41, 5.74) is -0.726. The van der Waals surface area contributed by atoms with E-state index in [1.807, 2.05) is 13.8 Å². The zero-order chi connectivity index (χ0) is 16.0. The van der Waals surface area contributed by atoms with Crippen LogP contribution in [0, 0.1) is 21.8 Å². The van der Waals surface area contributed by atoms with E-state index in [0.717, 1.165) is 31.0 Å². The number of hydrogen-bond acceptors (Lipinski definition) is 3. The van der Waals surface area contributed by atoms with Gasteiger partial charge in [0.2, 0.25) is 0 Å². The molecule has 0 aliphatic carbocycles. The van der Waals surface area contributed by atoms with Crippen LogP contribution in [0.3, 0.4) is 0 Å². The van der Waals surface area contributed by atoms with Crippen molar-refractivity contribution in [3.05, 3.63) is 39.7 Å². The van der Waals surface area contributed by atoms with Crippen LogP contribution in [0.1, 0.15) is 37.0 Å². The average Bonchev–Trinajstić information content (AvgIpc) is 2.45. The van der Waals surface area contributed by atoms with Crippen molar-refractivity contribution in [1.29, 1.82) is 0 Å². The summed E-state index contributed by atoms with van der Waals surface area (Å²) in [6.07, 6.45) is 1.77. The van der Waals surface area contributed by atoms with Gasteiger partial charge in [-0.05, 0) is 18.1 Å². The molecule has 1 atom stereocenters. The molecule has 1 amide bonds. The lowest BCUT2D eigenvalue weighted by Crippen LogP contribution is -2.33. The predicted molar refractivity (Wildman–Crippen MR) is 79.1 cm³/mol. The highest BCUT2D eigenvalue weighted by Gasteiger charge is 2.22. The van der Waals surface area contributed by atoms with Crippen LogP contribution in [-0.2, 0) is 0 Å². The van der Waals surface area contributed by atoms with Crippen LogP contribution < -0.4 is 5.32 Å². The van der Waals surface area contributed by atoms with Crippen LogP contribution in [0.4, 0.5) is 10.1 Å². The van der Waals surface area contributed by atoms with Gasteiger partial charge in [-0.15, -0.1) is 11.6 Å². The number of carbonyl (C=O) groups excluding carboxylic acids is 1. The van der Waals surface area contributed by atoms with Crippen LogP contribution in [0.2, 0.25) is 0 Å². The molecule has 0 aromatic heterocycles. The molecule has 0 aliphatic rings. The first kappa shape index (κ1) is 17.4. The molecule has 0 spiro atoms. The minimum Gasteiger partial charge on any atom is -0.350 e. The third-order valence-electron chi connectivity index (χ3n) is 3.42. The molecule has 0 heterocycles. The Balaban J connectivity index is 2.79. The number of nitro groups is 1. The van der Waals surface area contributed by atoms with Gasteiger partial charge in [-0.1, -0.05) is 26.7 Å². The summed E-state index contributed by atoms with van der Waals surface area (Å²) in [6.45, 7) is 4.23. The topological polar surface area (TPSA) is 72.2 Å². The number of nitrogens with zero attached hydrogens (tertiary/aromatic N) is 1.